The van der Waals surface area contributed by atoms with Crippen LogP contribution in [0.2, 0.25) is 0 Å². The normalized spacial score (nSPS) is 23.0. The van der Waals surface area contributed by atoms with Crippen LogP contribution in [0.15, 0.2) is 29.8 Å². The molecule has 9 heteroatoms. The molecular formula is C20H23FN4O3S. The van der Waals surface area contributed by atoms with Crippen LogP contribution < -0.4 is 15.1 Å². The third-order valence-electron chi connectivity index (χ3n) is 5.16. The van der Waals surface area contributed by atoms with E-state index in [-0.39, 0.29) is 11.1 Å². The number of hydrogen-bond acceptors (Lipinski definition) is 6. The van der Waals surface area contributed by atoms with Gasteiger partial charge in [-0.1, -0.05) is 12.5 Å². The van der Waals surface area contributed by atoms with Gasteiger partial charge >= 0.3 is 6.09 Å². The van der Waals surface area contributed by atoms with Crippen molar-refractivity contribution in [1.82, 2.24) is 5.32 Å². The number of methoxy groups -OCH3 is 1. The van der Waals surface area contributed by atoms with Crippen molar-refractivity contribution in [2.75, 3.05) is 43.1 Å². The molecule has 29 heavy (non-hydrogen) atoms. The molecule has 2 heterocycles. The second-order valence-corrected chi connectivity index (χ2v) is 7.44. The predicted molar refractivity (Wildman–Crippen MR) is 111 cm³/mol. The van der Waals surface area contributed by atoms with E-state index < -0.39 is 18.0 Å². The zero-order chi connectivity index (χ0) is 21.0. The molecule has 7 nitrogen and oxygen atoms in total. The predicted octanol–water partition coefficient (Wildman–Crippen LogP) is 2.97. The molecule has 0 aliphatic carbocycles. The fraction of sp³-hybridized carbons (Fsp3) is 0.450. The standard InChI is InChI=1S/C20H23FN4O3S/c1-13-11-24(8-6-14(13)5-7-22)18-4-3-15(9-17(18)21)25-12-16(28-20(25)26)10-23-19(29)27-2/h3-5,9,13,16H,6,8,10-12H2,1-2H3,(H,23,29)/b14-5+/t13?,16-/m0/s1. The zero-order valence-electron chi connectivity index (χ0n) is 16.4. The Kier molecular flexibility index (Phi) is 6.54. The smallest absolute Gasteiger partial charge is 0.414 e. The van der Waals surface area contributed by atoms with E-state index in [4.69, 9.17) is 27.0 Å². The van der Waals surface area contributed by atoms with Gasteiger partial charge in [-0.25, -0.2) is 9.18 Å². The number of carbonyl (C=O) groups excluding carboxylic acids is 1. The van der Waals surface area contributed by atoms with Crippen molar-refractivity contribution in [3.8, 4) is 6.07 Å². The molecule has 2 saturated heterocycles. The first-order valence-corrected chi connectivity index (χ1v) is 9.76. The lowest BCUT2D eigenvalue weighted by molar-refractivity contribution is 0.142. The molecule has 1 N–H and O–H groups in total. The number of piperidine rings is 1. The summed E-state index contributed by atoms with van der Waals surface area (Å²) in [6, 6.07) is 6.85. The van der Waals surface area contributed by atoms with E-state index >= 15 is 0 Å². The number of amides is 1. The minimum absolute atomic E-state index is 0.183. The fourth-order valence-electron chi connectivity index (χ4n) is 3.59. The minimum Gasteiger partial charge on any atom is -0.474 e. The highest BCUT2D eigenvalue weighted by Gasteiger charge is 2.33. The van der Waals surface area contributed by atoms with Crippen molar-refractivity contribution in [3.63, 3.8) is 0 Å². The first-order valence-electron chi connectivity index (χ1n) is 9.36. The van der Waals surface area contributed by atoms with Crippen LogP contribution in [0.5, 0.6) is 0 Å². The Morgan fingerprint density at radius 2 is 2.31 bits per heavy atom. The summed E-state index contributed by atoms with van der Waals surface area (Å²) in [6.45, 7) is 3.93. The number of ether oxygens (including phenoxy) is 2. The molecule has 3 rings (SSSR count). The summed E-state index contributed by atoms with van der Waals surface area (Å²) in [5.41, 5.74) is 2.03. The number of nitriles is 1. The second kappa shape index (κ2) is 9.09. The SMILES string of the molecule is COC(=S)NC[C@H]1CN(c2ccc(N3CC/C(=C\C#N)C(C)C3)c(F)c2)C(=O)O1. The number of nitrogens with one attached hydrogen (secondary N) is 1. The van der Waals surface area contributed by atoms with Crippen LogP contribution >= 0.6 is 12.2 Å². The molecule has 1 aromatic carbocycles. The summed E-state index contributed by atoms with van der Waals surface area (Å²) in [7, 11) is 1.45. The van der Waals surface area contributed by atoms with Gasteiger partial charge in [0.15, 0.2) is 0 Å². The molecule has 1 aromatic rings. The van der Waals surface area contributed by atoms with Crippen LogP contribution in [0.1, 0.15) is 13.3 Å². The van der Waals surface area contributed by atoms with Crippen molar-refractivity contribution in [3.05, 3.63) is 35.7 Å². The van der Waals surface area contributed by atoms with Crippen LogP contribution in [0.4, 0.5) is 20.6 Å². The number of anilines is 2. The van der Waals surface area contributed by atoms with E-state index in [1.54, 1.807) is 18.2 Å². The van der Waals surface area contributed by atoms with Crippen LogP contribution in [0.3, 0.4) is 0 Å². The van der Waals surface area contributed by atoms with Gasteiger partial charge in [0.05, 0.1) is 37.6 Å². The Hall–Kier alpha value is -2.86. The Labute approximate surface area is 174 Å². The Morgan fingerprint density at radius 3 is 2.97 bits per heavy atom. The van der Waals surface area contributed by atoms with Gasteiger partial charge in [0, 0.05) is 19.2 Å². The maximum Gasteiger partial charge on any atom is 0.414 e. The van der Waals surface area contributed by atoms with Crippen molar-refractivity contribution >= 4 is 34.9 Å². The molecule has 1 amide bonds. The van der Waals surface area contributed by atoms with Crippen molar-refractivity contribution in [2.24, 2.45) is 5.92 Å². The van der Waals surface area contributed by atoms with Gasteiger partial charge in [-0.2, -0.15) is 5.26 Å². The lowest BCUT2D eigenvalue weighted by Crippen LogP contribution is -2.36. The Bertz CT molecular complexity index is 870. The lowest BCUT2D eigenvalue weighted by atomic mass is 9.92. The molecule has 2 aliphatic rings. The summed E-state index contributed by atoms with van der Waals surface area (Å²) >= 11 is 4.90. The average molecular weight is 418 g/mol. The minimum atomic E-state index is -0.523. The first kappa shape index (κ1) is 20.9. The number of thiocarbonyl (C=S) groups is 1. The van der Waals surface area contributed by atoms with Crippen LogP contribution in [0.25, 0.3) is 0 Å². The molecular weight excluding hydrogens is 395 g/mol. The molecule has 154 valence electrons. The maximum absolute atomic E-state index is 14.9. The molecule has 2 aliphatic heterocycles. The van der Waals surface area contributed by atoms with Crippen molar-refractivity contribution in [1.29, 1.82) is 5.26 Å². The quantitative estimate of drug-likeness (QED) is 0.595. The molecule has 1 unspecified atom stereocenters. The number of cyclic esters (lactones) is 1. The van der Waals surface area contributed by atoms with E-state index in [0.29, 0.717) is 37.6 Å². The van der Waals surface area contributed by atoms with E-state index in [2.05, 4.69) is 11.4 Å². The summed E-state index contributed by atoms with van der Waals surface area (Å²) < 4.78 is 25.0. The van der Waals surface area contributed by atoms with E-state index in [9.17, 15) is 9.18 Å². The lowest BCUT2D eigenvalue weighted by Gasteiger charge is -2.34. The highest BCUT2D eigenvalue weighted by Crippen LogP contribution is 2.31. The number of benzene rings is 1. The number of carbonyl (C=O) groups is 1. The van der Waals surface area contributed by atoms with Gasteiger partial charge in [-0.05, 0) is 42.8 Å². The largest absolute Gasteiger partial charge is 0.474 e. The van der Waals surface area contributed by atoms with Crippen molar-refractivity contribution in [2.45, 2.75) is 19.4 Å². The zero-order valence-corrected chi connectivity index (χ0v) is 17.2. The van der Waals surface area contributed by atoms with Gasteiger partial charge in [-0.3, -0.25) is 4.90 Å². The van der Waals surface area contributed by atoms with Gasteiger partial charge < -0.3 is 19.7 Å². The summed E-state index contributed by atoms with van der Waals surface area (Å²) in [6.07, 6.45) is 1.38. The van der Waals surface area contributed by atoms with Crippen LogP contribution in [-0.2, 0) is 9.47 Å². The van der Waals surface area contributed by atoms with Gasteiger partial charge in [0.1, 0.15) is 11.9 Å². The first-order chi connectivity index (χ1) is 13.9. The second-order valence-electron chi connectivity index (χ2n) is 7.07. The highest BCUT2D eigenvalue weighted by molar-refractivity contribution is 7.80. The van der Waals surface area contributed by atoms with Crippen molar-refractivity contribution < 1.29 is 18.7 Å². The summed E-state index contributed by atoms with van der Waals surface area (Å²) in [5, 5.41) is 11.9. The van der Waals surface area contributed by atoms with Gasteiger partial charge in [0.2, 0.25) is 0 Å². The fourth-order valence-corrected chi connectivity index (χ4v) is 3.68. The number of hydrogen-bond donors (Lipinski definition) is 1. The third-order valence-corrected chi connectivity index (χ3v) is 5.48. The number of allylic oxidation sites excluding steroid dienone is 1. The monoisotopic (exact) mass is 418 g/mol. The number of nitrogens with zero attached hydrogens (tertiary/aromatic N) is 3. The summed E-state index contributed by atoms with van der Waals surface area (Å²) in [5.74, 6) is -0.208. The molecule has 0 saturated carbocycles. The molecule has 2 atom stereocenters. The third kappa shape index (κ3) is 4.77. The van der Waals surface area contributed by atoms with E-state index in [0.717, 1.165) is 12.0 Å². The number of halogens is 1. The average Bonchev–Trinajstić information content (AvgIpc) is 3.08. The Balaban J connectivity index is 1.67. The molecule has 0 bridgehead atoms. The summed E-state index contributed by atoms with van der Waals surface area (Å²) in [4.78, 5) is 15.6. The Morgan fingerprint density at radius 1 is 1.52 bits per heavy atom. The highest BCUT2D eigenvalue weighted by atomic mass is 32.1. The topological polar surface area (TPSA) is 77.8 Å². The van der Waals surface area contributed by atoms with E-state index in [1.807, 2.05) is 11.8 Å². The molecule has 2 fully saturated rings. The van der Waals surface area contributed by atoms with Crippen LogP contribution in [-0.4, -0.2) is 50.7 Å². The maximum atomic E-state index is 14.9. The number of rotatable bonds is 4. The van der Waals surface area contributed by atoms with Crippen LogP contribution in [0, 0.1) is 23.1 Å². The molecule has 0 aromatic heterocycles. The molecule has 0 spiro atoms. The molecule has 0 radical (unpaired) electrons. The van der Waals surface area contributed by atoms with Gasteiger partial charge in [0.25, 0.3) is 5.17 Å². The van der Waals surface area contributed by atoms with E-state index in [1.165, 1.54) is 18.1 Å². The van der Waals surface area contributed by atoms with Gasteiger partial charge in [-0.15, -0.1) is 0 Å².